The molecule has 0 bridgehead atoms. The van der Waals surface area contributed by atoms with Gasteiger partial charge in [0.05, 0.1) is 30.2 Å². The van der Waals surface area contributed by atoms with Crippen LogP contribution in [-0.2, 0) is 6.54 Å². The molecular formula is C30H27Cl2NO5. The smallest absolute Gasteiger partial charge is 0.291 e. The molecule has 0 spiro atoms. The highest BCUT2D eigenvalue weighted by atomic mass is 35.5. The number of benzene rings is 3. The standard InChI is InChI=1S/C30H27Cl2NO5/c1-3-5-14-37-24-12-10-18(15-25(24)36-4-2)27-26-28(34)21-16-20(31)11-13-23(21)38-29(26)30(35)33(27)17-19-8-6-7-9-22(19)32/h6-13,15-16,27H,3-5,14,17H2,1-2H3. The molecule has 0 fully saturated rings. The van der Waals surface area contributed by atoms with Crippen LogP contribution in [0.2, 0.25) is 10.0 Å². The van der Waals surface area contributed by atoms with Crippen molar-refractivity contribution in [3.8, 4) is 11.5 Å². The van der Waals surface area contributed by atoms with Crippen molar-refractivity contribution < 1.29 is 18.7 Å². The van der Waals surface area contributed by atoms with Crippen LogP contribution in [0.5, 0.6) is 11.5 Å². The van der Waals surface area contributed by atoms with Crippen molar-refractivity contribution in [2.45, 2.75) is 39.3 Å². The van der Waals surface area contributed by atoms with E-state index in [4.69, 9.17) is 37.1 Å². The van der Waals surface area contributed by atoms with Gasteiger partial charge in [-0.25, -0.2) is 0 Å². The zero-order chi connectivity index (χ0) is 26.8. The molecule has 1 aliphatic rings. The number of nitrogens with zero attached hydrogens (tertiary/aromatic N) is 1. The van der Waals surface area contributed by atoms with Crippen LogP contribution in [0.15, 0.2) is 69.9 Å². The van der Waals surface area contributed by atoms with Crippen LogP contribution >= 0.6 is 23.2 Å². The van der Waals surface area contributed by atoms with E-state index in [0.29, 0.717) is 51.3 Å². The molecule has 1 amide bonds. The number of rotatable bonds is 9. The number of carbonyl (C=O) groups excluding carboxylic acids is 1. The Kier molecular flexibility index (Phi) is 7.63. The third-order valence-electron chi connectivity index (χ3n) is 6.57. The number of amides is 1. The topological polar surface area (TPSA) is 69.0 Å². The van der Waals surface area contributed by atoms with E-state index in [1.54, 1.807) is 29.2 Å². The maximum absolute atomic E-state index is 13.8. The number of ether oxygens (including phenoxy) is 2. The molecule has 2 heterocycles. The van der Waals surface area contributed by atoms with Gasteiger partial charge in [0.2, 0.25) is 5.76 Å². The van der Waals surface area contributed by atoms with E-state index in [9.17, 15) is 9.59 Å². The fraction of sp³-hybridized carbons (Fsp3) is 0.267. The highest BCUT2D eigenvalue weighted by molar-refractivity contribution is 6.31. The molecule has 0 saturated carbocycles. The van der Waals surface area contributed by atoms with E-state index in [1.165, 1.54) is 0 Å². The van der Waals surface area contributed by atoms with E-state index in [-0.39, 0.29) is 29.2 Å². The van der Waals surface area contributed by atoms with Crippen molar-refractivity contribution in [1.29, 1.82) is 0 Å². The normalized spacial score (nSPS) is 14.7. The Hall–Kier alpha value is -3.48. The minimum atomic E-state index is -0.725. The lowest BCUT2D eigenvalue weighted by Gasteiger charge is -2.26. The van der Waals surface area contributed by atoms with Crippen LogP contribution in [-0.4, -0.2) is 24.0 Å². The van der Waals surface area contributed by atoms with Crippen LogP contribution in [0.4, 0.5) is 0 Å². The Morgan fingerprint density at radius 3 is 2.53 bits per heavy atom. The van der Waals surface area contributed by atoms with Gasteiger partial charge in [-0.15, -0.1) is 0 Å². The van der Waals surface area contributed by atoms with Gasteiger partial charge < -0.3 is 18.8 Å². The number of fused-ring (bicyclic) bond motifs is 2. The molecule has 0 aliphatic carbocycles. The fourth-order valence-electron chi connectivity index (χ4n) is 4.72. The zero-order valence-corrected chi connectivity index (χ0v) is 22.6. The van der Waals surface area contributed by atoms with Crippen molar-refractivity contribution in [3.05, 3.63) is 103 Å². The van der Waals surface area contributed by atoms with Gasteiger partial charge in [0.1, 0.15) is 5.58 Å². The molecule has 196 valence electrons. The van der Waals surface area contributed by atoms with E-state index >= 15 is 0 Å². The van der Waals surface area contributed by atoms with Gasteiger partial charge >= 0.3 is 0 Å². The minimum Gasteiger partial charge on any atom is -0.490 e. The second-order valence-electron chi connectivity index (χ2n) is 9.08. The van der Waals surface area contributed by atoms with Crippen molar-refractivity contribution in [3.63, 3.8) is 0 Å². The zero-order valence-electron chi connectivity index (χ0n) is 21.1. The number of hydrogen-bond donors (Lipinski definition) is 0. The molecule has 3 aromatic carbocycles. The summed E-state index contributed by atoms with van der Waals surface area (Å²) < 4.78 is 17.9. The Morgan fingerprint density at radius 2 is 1.76 bits per heavy atom. The van der Waals surface area contributed by atoms with Crippen LogP contribution in [0.3, 0.4) is 0 Å². The Morgan fingerprint density at radius 1 is 0.947 bits per heavy atom. The maximum atomic E-state index is 13.8. The van der Waals surface area contributed by atoms with E-state index in [1.807, 2.05) is 43.3 Å². The lowest BCUT2D eigenvalue weighted by Crippen LogP contribution is -2.29. The summed E-state index contributed by atoms with van der Waals surface area (Å²) in [5.41, 5.74) is 1.72. The van der Waals surface area contributed by atoms with Crippen molar-refractivity contribution in [2.24, 2.45) is 0 Å². The third kappa shape index (κ3) is 4.86. The first-order valence-corrected chi connectivity index (χ1v) is 13.4. The van der Waals surface area contributed by atoms with Gasteiger partial charge in [-0.05, 0) is 60.9 Å². The van der Waals surface area contributed by atoms with Crippen molar-refractivity contribution in [1.82, 2.24) is 4.90 Å². The van der Waals surface area contributed by atoms with Gasteiger partial charge in [0.25, 0.3) is 5.91 Å². The van der Waals surface area contributed by atoms with Gasteiger partial charge in [-0.2, -0.15) is 0 Å². The van der Waals surface area contributed by atoms with E-state index < -0.39 is 6.04 Å². The highest BCUT2D eigenvalue weighted by Gasteiger charge is 2.43. The first-order chi connectivity index (χ1) is 18.4. The average Bonchev–Trinajstić information content (AvgIpc) is 3.18. The van der Waals surface area contributed by atoms with Crippen molar-refractivity contribution in [2.75, 3.05) is 13.2 Å². The van der Waals surface area contributed by atoms with E-state index in [2.05, 4.69) is 6.92 Å². The average molecular weight is 552 g/mol. The summed E-state index contributed by atoms with van der Waals surface area (Å²) in [6.07, 6.45) is 1.92. The minimum absolute atomic E-state index is 0.0168. The molecule has 8 heteroatoms. The monoisotopic (exact) mass is 551 g/mol. The number of carbonyl (C=O) groups is 1. The van der Waals surface area contributed by atoms with Crippen LogP contribution in [0.25, 0.3) is 11.0 Å². The molecule has 5 rings (SSSR count). The Balaban J connectivity index is 1.68. The molecule has 4 aromatic rings. The largest absolute Gasteiger partial charge is 0.490 e. The summed E-state index contributed by atoms with van der Waals surface area (Å²) in [4.78, 5) is 29.2. The van der Waals surface area contributed by atoms with Crippen LogP contribution in [0, 0.1) is 0 Å². The summed E-state index contributed by atoms with van der Waals surface area (Å²) >= 11 is 12.7. The molecule has 0 radical (unpaired) electrons. The molecule has 1 aliphatic heterocycles. The summed E-state index contributed by atoms with van der Waals surface area (Å²) in [5, 5.41) is 1.25. The predicted octanol–water partition coefficient (Wildman–Crippen LogP) is 7.42. The lowest BCUT2D eigenvalue weighted by atomic mass is 9.97. The quantitative estimate of drug-likeness (QED) is 0.202. The summed E-state index contributed by atoms with van der Waals surface area (Å²) in [5.74, 6) is 0.791. The molecule has 1 unspecified atom stereocenters. The third-order valence-corrected chi connectivity index (χ3v) is 7.17. The molecule has 1 aromatic heterocycles. The predicted molar refractivity (Wildman–Crippen MR) is 149 cm³/mol. The summed E-state index contributed by atoms with van der Waals surface area (Å²) in [7, 11) is 0. The van der Waals surface area contributed by atoms with Gasteiger partial charge in [0.15, 0.2) is 16.9 Å². The fourth-order valence-corrected chi connectivity index (χ4v) is 5.09. The first kappa shape index (κ1) is 26.1. The van der Waals surface area contributed by atoms with Crippen molar-refractivity contribution >= 4 is 40.1 Å². The number of hydrogen-bond acceptors (Lipinski definition) is 5. The molecule has 38 heavy (non-hydrogen) atoms. The van der Waals surface area contributed by atoms with Gasteiger partial charge in [0, 0.05) is 16.6 Å². The van der Waals surface area contributed by atoms with Gasteiger partial charge in [-0.3, -0.25) is 9.59 Å². The maximum Gasteiger partial charge on any atom is 0.291 e. The van der Waals surface area contributed by atoms with Crippen LogP contribution in [0.1, 0.15) is 60.0 Å². The number of unbranched alkanes of at least 4 members (excludes halogenated alkanes) is 1. The molecular weight excluding hydrogens is 525 g/mol. The van der Waals surface area contributed by atoms with Gasteiger partial charge in [-0.1, -0.05) is 60.8 Å². The summed E-state index contributed by atoms with van der Waals surface area (Å²) in [6, 6.07) is 16.9. The molecule has 1 atom stereocenters. The second kappa shape index (κ2) is 11.1. The van der Waals surface area contributed by atoms with Crippen LogP contribution < -0.4 is 14.9 Å². The highest BCUT2D eigenvalue weighted by Crippen LogP contribution is 2.42. The lowest BCUT2D eigenvalue weighted by molar-refractivity contribution is 0.0714. The molecule has 0 saturated heterocycles. The molecule has 6 nitrogen and oxygen atoms in total. The SMILES string of the molecule is CCCCOc1ccc(C2c3c(oc4ccc(Cl)cc4c3=O)C(=O)N2Cc2ccccc2Cl)cc1OCC. The first-order valence-electron chi connectivity index (χ1n) is 12.6. The second-order valence-corrected chi connectivity index (χ2v) is 9.93. The number of halogens is 2. The molecule has 0 N–H and O–H groups in total. The van der Waals surface area contributed by atoms with E-state index in [0.717, 1.165) is 18.4 Å². The Bertz CT molecular complexity index is 1560. The summed E-state index contributed by atoms with van der Waals surface area (Å²) in [6.45, 7) is 5.17. The Labute approximate surface area is 230 Å².